The Morgan fingerprint density at radius 2 is 2.03 bits per heavy atom. The zero-order valence-corrected chi connectivity index (χ0v) is 19.3. The molecule has 0 saturated heterocycles. The maximum atomic E-state index is 12.9. The van der Waals surface area contributed by atoms with Crippen molar-refractivity contribution in [2.75, 3.05) is 5.32 Å². The lowest BCUT2D eigenvalue weighted by atomic mass is 10.1. The molecule has 1 N–H and O–H groups in total. The van der Waals surface area contributed by atoms with Gasteiger partial charge in [0.15, 0.2) is 5.65 Å². The van der Waals surface area contributed by atoms with Gasteiger partial charge in [-0.15, -0.1) is 11.3 Å². The molecule has 0 unspecified atom stereocenters. The zero-order chi connectivity index (χ0) is 24.6. The van der Waals surface area contributed by atoms with Crippen molar-refractivity contribution in [3.63, 3.8) is 0 Å². The number of rotatable bonds is 6. The number of thiophene rings is 1. The van der Waals surface area contributed by atoms with Crippen molar-refractivity contribution in [1.82, 2.24) is 24.5 Å². The number of carbonyl (C=O) groups excluding carboxylic acids is 1. The van der Waals surface area contributed by atoms with Gasteiger partial charge < -0.3 is 5.32 Å². The molecule has 5 aromatic rings. The number of pyridine rings is 1. The van der Waals surface area contributed by atoms with Gasteiger partial charge in [-0.3, -0.25) is 9.48 Å². The number of anilines is 1. The zero-order valence-electron chi connectivity index (χ0n) is 18.5. The van der Waals surface area contributed by atoms with E-state index in [1.807, 2.05) is 30.5 Å². The van der Waals surface area contributed by atoms with Crippen LogP contribution in [0.5, 0.6) is 0 Å². The summed E-state index contributed by atoms with van der Waals surface area (Å²) >= 11 is 1.62. The molecule has 0 atom stereocenters. The first-order valence-electron chi connectivity index (χ1n) is 10.6. The number of alkyl halides is 3. The maximum absolute atomic E-state index is 12.9. The SMILES string of the molecule is Cc1nn(CC(=O)Nc2cnn(Cc3cccc(C(F)(F)F)c3)c2)c2nccc(-c3cccs3)c12. The van der Waals surface area contributed by atoms with Crippen LogP contribution < -0.4 is 5.32 Å². The van der Waals surface area contributed by atoms with Gasteiger partial charge in [-0.2, -0.15) is 23.4 Å². The molecule has 4 heterocycles. The summed E-state index contributed by atoms with van der Waals surface area (Å²) in [7, 11) is 0. The van der Waals surface area contributed by atoms with Gasteiger partial charge in [0.05, 0.1) is 35.1 Å². The number of halogens is 3. The van der Waals surface area contributed by atoms with Gasteiger partial charge in [0.25, 0.3) is 0 Å². The van der Waals surface area contributed by atoms with Crippen LogP contribution in [0, 0.1) is 6.92 Å². The number of fused-ring (bicyclic) bond motifs is 1. The summed E-state index contributed by atoms with van der Waals surface area (Å²) in [5, 5.41) is 14.3. The van der Waals surface area contributed by atoms with Crippen molar-refractivity contribution in [3.8, 4) is 10.4 Å². The van der Waals surface area contributed by atoms with Crippen molar-refractivity contribution in [2.45, 2.75) is 26.2 Å². The highest BCUT2D eigenvalue weighted by molar-refractivity contribution is 7.13. The Labute approximate surface area is 201 Å². The van der Waals surface area contributed by atoms with Crippen LogP contribution in [0.25, 0.3) is 21.5 Å². The Bertz CT molecular complexity index is 1500. The van der Waals surface area contributed by atoms with Crippen LogP contribution in [0.2, 0.25) is 0 Å². The number of aromatic nitrogens is 5. The van der Waals surface area contributed by atoms with Gasteiger partial charge in [0, 0.05) is 22.8 Å². The van der Waals surface area contributed by atoms with Crippen LogP contribution in [0.15, 0.2) is 66.4 Å². The first-order valence-corrected chi connectivity index (χ1v) is 11.5. The summed E-state index contributed by atoms with van der Waals surface area (Å²) in [6, 6.07) is 11.0. The average molecular weight is 497 g/mol. The van der Waals surface area contributed by atoms with Crippen LogP contribution in [0.1, 0.15) is 16.8 Å². The Hall–Kier alpha value is -3.99. The van der Waals surface area contributed by atoms with Crippen LogP contribution in [-0.2, 0) is 24.1 Å². The van der Waals surface area contributed by atoms with Crippen molar-refractivity contribution < 1.29 is 18.0 Å². The number of hydrogen-bond donors (Lipinski definition) is 1. The predicted octanol–water partition coefficient (Wildman–Crippen LogP) is 5.37. The largest absolute Gasteiger partial charge is 0.416 e. The summed E-state index contributed by atoms with van der Waals surface area (Å²) in [5.41, 5.74) is 2.58. The molecule has 0 bridgehead atoms. The molecule has 0 aliphatic carbocycles. The minimum Gasteiger partial charge on any atom is -0.322 e. The quantitative estimate of drug-likeness (QED) is 0.343. The number of aryl methyl sites for hydroxylation is 1. The van der Waals surface area contributed by atoms with E-state index in [2.05, 4.69) is 20.5 Å². The fraction of sp³-hybridized carbons (Fsp3) is 0.167. The molecule has 178 valence electrons. The maximum Gasteiger partial charge on any atom is 0.416 e. The van der Waals surface area contributed by atoms with E-state index < -0.39 is 11.7 Å². The molecule has 1 aromatic carbocycles. The van der Waals surface area contributed by atoms with E-state index in [9.17, 15) is 18.0 Å². The van der Waals surface area contributed by atoms with E-state index >= 15 is 0 Å². The van der Waals surface area contributed by atoms with Crippen molar-refractivity contribution in [3.05, 3.63) is 83.3 Å². The minimum absolute atomic E-state index is 0.0515. The van der Waals surface area contributed by atoms with Gasteiger partial charge in [-0.05, 0) is 42.1 Å². The Kier molecular flexibility index (Phi) is 5.85. The smallest absolute Gasteiger partial charge is 0.322 e. The number of carbonyl (C=O) groups is 1. The molecule has 0 aliphatic rings. The lowest BCUT2D eigenvalue weighted by Gasteiger charge is -2.08. The molecule has 4 aromatic heterocycles. The molecule has 11 heteroatoms. The van der Waals surface area contributed by atoms with Gasteiger partial charge in [-0.1, -0.05) is 18.2 Å². The molecule has 5 rings (SSSR count). The molecule has 7 nitrogen and oxygen atoms in total. The minimum atomic E-state index is -4.41. The lowest BCUT2D eigenvalue weighted by Crippen LogP contribution is -2.19. The van der Waals surface area contributed by atoms with Crippen LogP contribution in [0.4, 0.5) is 18.9 Å². The summed E-state index contributed by atoms with van der Waals surface area (Å²) in [4.78, 5) is 18.2. The summed E-state index contributed by atoms with van der Waals surface area (Å²) < 4.78 is 41.9. The van der Waals surface area contributed by atoms with Crippen molar-refractivity contribution in [2.24, 2.45) is 0 Å². The summed E-state index contributed by atoms with van der Waals surface area (Å²) in [6.45, 7) is 1.97. The van der Waals surface area contributed by atoms with E-state index in [0.717, 1.165) is 33.7 Å². The van der Waals surface area contributed by atoms with Crippen LogP contribution in [0.3, 0.4) is 0 Å². The van der Waals surface area contributed by atoms with E-state index in [0.29, 0.717) is 16.9 Å². The normalized spacial score (nSPS) is 11.8. The number of nitrogens with zero attached hydrogens (tertiary/aromatic N) is 5. The molecule has 0 aliphatic heterocycles. The lowest BCUT2D eigenvalue weighted by molar-refractivity contribution is -0.137. The highest BCUT2D eigenvalue weighted by Crippen LogP contribution is 2.33. The van der Waals surface area contributed by atoms with Crippen LogP contribution >= 0.6 is 11.3 Å². The number of amides is 1. The fourth-order valence-electron chi connectivity index (χ4n) is 3.91. The molecule has 0 saturated carbocycles. The highest BCUT2D eigenvalue weighted by atomic mass is 32.1. The number of nitrogens with one attached hydrogen (secondary N) is 1. The topological polar surface area (TPSA) is 77.6 Å². The molecule has 35 heavy (non-hydrogen) atoms. The number of hydrogen-bond acceptors (Lipinski definition) is 5. The van der Waals surface area contributed by atoms with Crippen molar-refractivity contribution in [1.29, 1.82) is 0 Å². The molecular weight excluding hydrogens is 477 g/mol. The summed E-state index contributed by atoms with van der Waals surface area (Å²) in [5.74, 6) is -0.323. The third kappa shape index (κ3) is 4.80. The molecule has 0 fully saturated rings. The third-order valence-corrected chi connectivity index (χ3v) is 6.31. The van der Waals surface area contributed by atoms with Gasteiger partial charge >= 0.3 is 6.18 Å². The standard InChI is InChI=1S/C24H19F3N6OS/c1-15-22-19(20-6-3-9-35-20)7-8-28-23(22)33(31-15)14-21(34)30-18-11-29-32(13-18)12-16-4-2-5-17(10-16)24(25,26)27/h2-11,13H,12,14H2,1H3,(H,30,34). The average Bonchev–Trinajstić information content (AvgIpc) is 3.55. The predicted molar refractivity (Wildman–Crippen MR) is 127 cm³/mol. The molecular formula is C24H19F3N6OS. The summed E-state index contributed by atoms with van der Waals surface area (Å²) in [6.07, 6.45) is 0.307. The van der Waals surface area contributed by atoms with Crippen molar-refractivity contribution >= 4 is 34.0 Å². The monoisotopic (exact) mass is 496 g/mol. The Morgan fingerprint density at radius 1 is 1.17 bits per heavy atom. The second-order valence-electron chi connectivity index (χ2n) is 7.95. The second kappa shape index (κ2) is 8.99. The van der Waals surface area contributed by atoms with E-state index in [1.54, 1.807) is 34.5 Å². The van der Waals surface area contributed by atoms with E-state index in [-0.39, 0.29) is 19.0 Å². The van der Waals surface area contributed by atoms with Crippen LogP contribution in [-0.4, -0.2) is 30.5 Å². The van der Waals surface area contributed by atoms with Gasteiger partial charge in [0.2, 0.25) is 5.91 Å². The number of benzene rings is 1. The van der Waals surface area contributed by atoms with E-state index in [4.69, 9.17) is 0 Å². The third-order valence-electron chi connectivity index (χ3n) is 5.40. The molecule has 1 amide bonds. The first-order chi connectivity index (χ1) is 16.8. The first kappa shape index (κ1) is 22.8. The fourth-order valence-corrected chi connectivity index (χ4v) is 4.67. The van der Waals surface area contributed by atoms with Gasteiger partial charge in [-0.25, -0.2) is 9.67 Å². The second-order valence-corrected chi connectivity index (χ2v) is 8.90. The Morgan fingerprint density at radius 3 is 2.80 bits per heavy atom. The Balaban J connectivity index is 1.29. The highest BCUT2D eigenvalue weighted by Gasteiger charge is 2.30. The van der Waals surface area contributed by atoms with Gasteiger partial charge in [0.1, 0.15) is 6.54 Å². The molecule has 0 spiro atoms. The molecule has 0 radical (unpaired) electrons. The van der Waals surface area contributed by atoms with E-state index in [1.165, 1.54) is 16.9 Å².